The van der Waals surface area contributed by atoms with Crippen LogP contribution in [0.5, 0.6) is 11.5 Å². The molecule has 0 spiro atoms. The first-order chi connectivity index (χ1) is 20.4. The zero-order valence-electron chi connectivity index (χ0n) is 26.2. The maximum atomic E-state index is 13.1. The number of rotatable bonds is 5. The molecule has 0 saturated carbocycles. The molecule has 1 aromatic carbocycles. The summed E-state index contributed by atoms with van der Waals surface area (Å²) in [6.07, 6.45) is 8.84. The van der Waals surface area contributed by atoms with Gasteiger partial charge < -0.3 is 41.3 Å². The van der Waals surface area contributed by atoms with Gasteiger partial charge in [-0.3, -0.25) is 4.79 Å². The normalized spacial score (nSPS) is 26.4. The van der Waals surface area contributed by atoms with Gasteiger partial charge in [-0.15, -0.1) is 0 Å². The Morgan fingerprint density at radius 2 is 1.84 bits per heavy atom. The van der Waals surface area contributed by atoms with E-state index in [0.717, 1.165) is 25.2 Å². The Morgan fingerprint density at radius 3 is 2.51 bits per heavy atom. The number of fused-ring (bicyclic) bond motifs is 2. The highest BCUT2D eigenvalue weighted by Gasteiger charge is 2.25. The summed E-state index contributed by atoms with van der Waals surface area (Å²) in [6.45, 7) is 12.9. The fraction of sp³-hybridized carbons (Fsp3) is 0.576. The Bertz CT molecular complexity index is 1220. The molecule has 7 N–H and O–H groups in total. The second kappa shape index (κ2) is 15.8. The van der Waals surface area contributed by atoms with Crippen LogP contribution in [0.4, 0.5) is 16.2 Å². The molecule has 10 nitrogen and oxygen atoms in total. The fourth-order valence-corrected chi connectivity index (χ4v) is 5.85. The number of aliphatic hydroxyl groups excluding tert-OH is 1. The number of anilines is 2. The monoisotopic (exact) mass is 598 g/mol. The Morgan fingerprint density at radius 1 is 1.14 bits per heavy atom. The van der Waals surface area contributed by atoms with Crippen LogP contribution in [0.1, 0.15) is 65.9 Å². The van der Waals surface area contributed by atoms with Crippen molar-refractivity contribution in [3.8, 4) is 11.5 Å². The first-order valence-electron chi connectivity index (χ1n) is 15.4. The van der Waals surface area contributed by atoms with Crippen LogP contribution in [0.2, 0.25) is 0 Å². The van der Waals surface area contributed by atoms with E-state index in [-0.39, 0.29) is 34.9 Å². The molecule has 2 amide bonds. The van der Waals surface area contributed by atoms with Crippen molar-refractivity contribution in [2.24, 2.45) is 23.5 Å². The molecule has 3 rings (SSSR count). The average Bonchev–Trinajstić information content (AvgIpc) is 3.47. The lowest BCUT2D eigenvalue weighted by Crippen LogP contribution is -2.29. The molecule has 0 radical (unpaired) electrons. The van der Waals surface area contributed by atoms with E-state index in [2.05, 4.69) is 15.5 Å². The van der Waals surface area contributed by atoms with Gasteiger partial charge in [0.05, 0.1) is 17.5 Å². The molecule has 0 aromatic heterocycles. The van der Waals surface area contributed by atoms with Gasteiger partial charge in [0.15, 0.2) is 0 Å². The van der Waals surface area contributed by atoms with E-state index in [9.17, 15) is 24.9 Å². The summed E-state index contributed by atoms with van der Waals surface area (Å²) in [4.78, 5) is 27.1. The number of aliphatic hydroxyl groups is 1. The van der Waals surface area contributed by atoms with Crippen molar-refractivity contribution in [1.29, 1.82) is 0 Å². The van der Waals surface area contributed by atoms with Crippen molar-refractivity contribution >= 4 is 23.4 Å². The number of primary amides is 1. The third-order valence-corrected chi connectivity index (χ3v) is 8.49. The highest BCUT2D eigenvalue weighted by molar-refractivity contribution is 6.04. The van der Waals surface area contributed by atoms with Gasteiger partial charge in [-0.05, 0) is 70.5 Å². The third-order valence-electron chi connectivity index (χ3n) is 8.49. The molecule has 0 aliphatic carbocycles. The first kappa shape index (κ1) is 34.0. The Labute approximate surface area is 255 Å². The first-order valence-corrected chi connectivity index (χ1v) is 15.4. The van der Waals surface area contributed by atoms with Gasteiger partial charge in [0.25, 0.3) is 5.91 Å². The van der Waals surface area contributed by atoms with Gasteiger partial charge in [0.2, 0.25) is 0 Å². The fourth-order valence-electron chi connectivity index (χ4n) is 5.85. The zero-order valence-corrected chi connectivity index (χ0v) is 26.2. The summed E-state index contributed by atoms with van der Waals surface area (Å²) in [5, 5.41) is 39.5. The van der Waals surface area contributed by atoms with E-state index in [1.807, 2.05) is 39.8 Å². The van der Waals surface area contributed by atoms with Gasteiger partial charge in [-0.25, -0.2) is 4.79 Å². The average molecular weight is 599 g/mol. The predicted octanol–water partition coefficient (Wildman–Crippen LogP) is 5.06. The van der Waals surface area contributed by atoms with Gasteiger partial charge in [0.1, 0.15) is 17.6 Å². The summed E-state index contributed by atoms with van der Waals surface area (Å²) in [5.74, 6) is -1.01. The number of carbonyl (C=O) groups excluding carboxylic acids is 2. The van der Waals surface area contributed by atoms with Gasteiger partial charge in [-0.1, -0.05) is 45.1 Å². The number of amides is 2. The van der Waals surface area contributed by atoms with Crippen LogP contribution in [-0.2, 0) is 16.0 Å². The molecule has 2 aliphatic rings. The molecule has 2 heterocycles. The number of phenolic OH excluding ortho intramolecular Hbond substituents is 2. The third kappa shape index (κ3) is 9.76. The van der Waals surface area contributed by atoms with Gasteiger partial charge >= 0.3 is 6.09 Å². The molecule has 2 aliphatic heterocycles. The lowest BCUT2D eigenvalue weighted by molar-refractivity contribution is -0.112. The highest BCUT2D eigenvalue weighted by atomic mass is 16.6. The maximum absolute atomic E-state index is 13.1. The molecule has 5 unspecified atom stereocenters. The quantitative estimate of drug-likeness (QED) is 0.156. The SMILES string of the molecule is CC1=CC=CC(C)C(OC(N)=O)C(C)=CC(C)C(O)CCC(C)Cc2c(O)c(cc(O)c2NCCN2CCCC2)NC1=O. The number of carbonyl (C=O) groups is 2. The summed E-state index contributed by atoms with van der Waals surface area (Å²) >= 11 is 0. The zero-order chi connectivity index (χ0) is 31.7. The van der Waals surface area contributed by atoms with Crippen LogP contribution >= 0.6 is 0 Å². The number of nitrogens with two attached hydrogens (primary N) is 1. The largest absolute Gasteiger partial charge is 0.506 e. The van der Waals surface area contributed by atoms with Crippen molar-refractivity contribution in [3.63, 3.8) is 0 Å². The van der Waals surface area contributed by atoms with Crippen molar-refractivity contribution in [1.82, 2.24) is 4.90 Å². The number of allylic oxidation sites excluding steroid dienone is 2. The van der Waals surface area contributed by atoms with E-state index in [1.165, 1.54) is 18.9 Å². The van der Waals surface area contributed by atoms with E-state index in [4.69, 9.17) is 10.5 Å². The van der Waals surface area contributed by atoms with E-state index in [1.54, 1.807) is 19.1 Å². The van der Waals surface area contributed by atoms with Crippen LogP contribution in [-0.4, -0.2) is 70.6 Å². The van der Waals surface area contributed by atoms with Crippen LogP contribution < -0.4 is 16.4 Å². The topological polar surface area (TPSA) is 157 Å². The van der Waals surface area contributed by atoms with Gasteiger partial charge in [0, 0.05) is 42.1 Å². The number of hydrogen-bond donors (Lipinski definition) is 6. The molecular formula is C33H50N4O6. The second-order valence-electron chi connectivity index (χ2n) is 12.3. The summed E-state index contributed by atoms with van der Waals surface area (Å²) in [7, 11) is 0. The number of benzene rings is 1. The van der Waals surface area contributed by atoms with Crippen LogP contribution in [0.3, 0.4) is 0 Å². The minimum atomic E-state index is -0.890. The minimum Gasteiger partial charge on any atom is -0.506 e. The summed E-state index contributed by atoms with van der Waals surface area (Å²) in [5.41, 5.74) is 7.62. The van der Waals surface area contributed by atoms with E-state index >= 15 is 0 Å². The molecule has 1 aromatic rings. The standard InChI is InChI=1S/C33H50N4O6/c1-20-11-12-27(38)23(4)18-24(5)31(43-33(34)42)21(2)9-8-10-22(3)32(41)36-26-19-28(39)29(25(17-20)30(26)40)35-13-16-37-14-6-7-15-37/h8-10,18-21,23,27,31,35,38-40H,6-7,11-17H2,1-5H3,(H2,34,42)(H,36,41). The maximum Gasteiger partial charge on any atom is 0.405 e. The van der Waals surface area contributed by atoms with Crippen molar-refractivity contribution in [2.75, 3.05) is 36.8 Å². The number of likely N-dealkylation sites (tertiary alicyclic amines) is 1. The van der Waals surface area contributed by atoms with Crippen molar-refractivity contribution < 1.29 is 29.6 Å². The van der Waals surface area contributed by atoms with Crippen LogP contribution in [0.25, 0.3) is 0 Å². The van der Waals surface area contributed by atoms with Crippen molar-refractivity contribution in [2.45, 2.75) is 78.9 Å². The van der Waals surface area contributed by atoms with E-state index < -0.39 is 24.2 Å². The molecule has 2 bridgehead atoms. The number of hydrogen-bond acceptors (Lipinski definition) is 8. The number of phenols is 2. The molecule has 43 heavy (non-hydrogen) atoms. The Balaban J connectivity index is 1.95. The Hall–Kier alpha value is -3.50. The molecule has 10 heteroatoms. The number of aromatic hydroxyl groups is 2. The smallest absolute Gasteiger partial charge is 0.405 e. The molecule has 238 valence electrons. The molecule has 1 fully saturated rings. The lowest BCUT2D eigenvalue weighted by Gasteiger charge is -2.25. The molecule has 1 saturated heterocycles. The summed E-state index contributed by atoms with van der Waals surface area (Å²) < 4.78 is 5.42. The summed E-state index contributed by atoms with van der Waals surface area (Å²) in [6, 6.07) is 1.37. The number of nitrogens with one attached hydrogen (secondary N) is 2. The van der Waals surface area contributed by atoms with E-state index in [0.29, 0.717) is 42.6 Å². The second-order valence-corrected chi connectivity index (χ2v) is 12.3. The van der Waals surface area contributed by atoms with Gasteiger partial charge in [-0.2, -0.15) is 0 Å². The van der Waals surface area contributed by atoms with Crippen molar-refractivity contribution in [3.05, 3.63) is 47.1 Å². The predicted molar refractivity (Wildman–Crippen MR) is 170 cm³/mol. The Kier molecular flexibility index (Phi) is 12.5. The molecule has 5 atom stereocenters. The van der Waals surface area contributed by atoms with Crippen LogP contribution in [0, 0.1) is 17.8 Å². The molecular weight excluding hydrogens is 548 g/mol. The lowest BCUT2D eigenvalue weighted by atomic mass is 9.89. The van der Waals surface area contributed by atoms with Crippen LogP contribution in [0.15, 0.2) is 41.5 Å². The number of ether oxygens (including phenoxy) is 1. The highest BCUT2D eigenvalue weighted by Crippen LogP contribution is 2.42. The number of nitrogens with zero attached hydrogens (tertiary/aromatic N) is 1. The minimum absolute atomic E-state index is 0.0428.